The number of rotatable bonds is 4. The zero-order valence-corrected chi connectivity index (χ0v) is 20.5. The SMILES string of the molecule is Cc1cc(NC(=O)CCl)c(O)c2c1C[C@H]1C[C@H]3[C@H](N(C)C)C(=O)C(C(N)=O)=C(O)[C@@]3(O)C(=O)C1=C2O. The molecule has 3 aliphatic carbocycles. The third-order valence-electron chi connectivity index (χ3n) is 7.34. The van der Waals surface area contributed by atoms with Crippen molar-refractivity contribution in [3.8, 4) is 5.75 Å². The lowest BCUT2D eigenvalue weighted by Gasteiger charge is -2.50. The van der Waals surface area contributed by atoms with Gasteiger partial charge in [0.05, 0.1) is 17.3 Å². The number of amides is 2. The molecule has 11 nitrogen and oxygen atoms in total. The van der Waals surface area contributed by atoms with Gasteiger partial charge in [0.1, 0.15) is 28.7 Å². The van der Waals surface area contributed by atoms with Gasteiger partial charge in [-0.3, -0.25) is 24.1 Å². The van der Waals surface area contributed by atoms with E-state index >= 15 is 0 Å². The van der Waals surface area contributed by atoms with Gasteiger partial charge in [-0.1, -0.05) is 0 Å². The maximum absolute atomic E-state index is 13.8. The Morgan fingerprint density at radius 2 is 1.89 bits per heavy atom. The van der Waals surface area contributed by atoms with Gasteiger partial charge in [0.2, 0.25) is 11.7 Å². The minimum Gasteiger partial charge on any atom is -0.508 e. The van der Waals surface area contributed by atoms with Crippen LogP contribution >= 0.6 is 11.6 Å². The number of fused-ring (bicyclic) bond motifs is 3. The molecule has 0 bridgehead atoms. The molecule has 4 rings (SSSR count). The number of halogens is 1. The summed E-state index contributed by atoms with van der Waals surface area (Å²) in [5.41, 5.74) is 2.45. The van der Waals surface area contributed by atoms with E-state index in [2.05, 4.69) is 5.32 Å². The largest absolute Gasteiger partial charge is 0.508 e. The maximum atomic E-state index is 13.8. The molecule has 4 atom stereocenters. The lowest BCUT2D eigenvalue weighted by atomic mass is 9.57. The number of benzene rings is 1. The van der Waals surface area contributed by atoms with Crippen molar-refractivity contribution in [1.82, 2.24) is 4.90 Å². The molecule has 0 radical (unpaired) electrons. The van der Waals surface area contributed by atoms with Gasteiger partial charge >= 0.3 is 0 Å². The second-order valence-electron chi connectivity index (χ2n) is 9.59. The maximum Gasteiger partial charge on any atom is 0.255 e. The highest BCUT2D eigenvalue weighted by molar-refractivity contribution is 6.29. The number of aromatic hydroxyl groups is 1. The fourth-order valence-corrected chi connectivity index (χ4v) is 5.84. The zero-order chi connectivity index (χ0) is 26.9. The lowest BCUT2D eigenvalue weighted by molar-refractivity contribution is -0.153. The fourth-order valence-electron chi connectivity index (χ4n) is 5.78. The van der Waals surface area contributed by atoms with Crippen molar-refractivity contribution in [1.29, 1.82) is 0 Å². The van der Waals surface area contributed by atoms with Crippen LogP contribution in [0.15, 0.2) is 23.0 Å². The minimum absolute atomic E-state index is 0.00327. The molecule has 0 unspecified atom stereocenters. The first-order chi connectivity index (χ1) is 16.8. The Labute approximate surface area is 210 Å². The lowest BCUT2D eigenvalue weighted by Crippen LogP contribution is -2.65. The number of alkyl halides is 1. The second-order valence-corrected chi connectivity index (χ2v) is 9.85. The molecule has 12 heteroatoms. The van der Waals surface area contributed by atoms with Crippen molar-refractivity contribution >= 4 is 46.4 Å². The molecule has 0 aliphatic heterocycles. The highest BCUT2D eigenvalue weighted by atomic mass is 35.5. The van der Waals surface area contributed by atoms with Crippen LogP contribution in [-0.2, 0) is 25.6 Å². The number of aliphatic hydroxyl groups is 3. The van der Waals surface area contributed by atoms with Crippen molar-refractivity contribution in [2.75, 3.05) is 25.3 Å². The number of ketones is 2. The van der Waals surface area contributed by atoms with Crippen molar-refractivity contribution in [2.24, 2.45) is 17.6 Å². The first-order valence-electron chi connectivity index (χ1n) is 11.1. The first kappa shape index (κ1) is 25.7. The third-order valence-corrected chi connectivity index (χ3v) is 7.58. The summed E-state index contributed by atoms with van der Waals surface area (Å²) in [6, 6.07) is 0.364. The van der Waals surface area contributed by atoms with Crippen LogP contribution < -0.4 is 11.1 Å². The predicted molar refractivity (Wildman–Crippen MR) is 128 cm³/mol. The Balaban J connectivity index is 1.95. The molecule has 1 aromatic rings. The van der Waals surface area contributed by atoms with E-state index in [1.165, 1.54) is 25.1 Å². The van der Waals surface area contributed by atoms with Gasteiger partial charge in [-0.2, -0.15) is 0 Å². The Morgan fingerprint density at radius 1 is 1.25 bits per heavy atom. The minimum atomic E-state index is -2.71. The summed E-state index contributed by atoms with van der Waals surface area (Å²) in [4.78, 5) is 52.1. The Bertz CT molecular complexity index is 1300. The van der Waals surface area contributed by atoms with Crippen LogP contribution in [0.1, 0.15) is 23.1 Å². The van der Waals surface area contributed by atoms with E-state index < -0.39 is 69.7 Å². The summed E-state index contributed by atoms with van der Waals surface area (Å²) in [6.07, 6.45) is 0.161. The molecule has 1 fully saturated rings. The molecule has 0 spiro atoms. The summed E-state index contributed by atoms with van der Waals surface area (Å²) < 4.78 is 0. The summed E-state index contributed by atoms with van der Waals surface area (Å²) in [7, 11) is 3.07. The van der Waals surface area contributed by atoms with Crippen molar-refractivity contribution in [3.63, 3.8) is 0 Å². The second kappa shape index (κ2) is 8.61. The quantitative estimate of drug-likeness (QED) is 0.186. The fraction of sp³-hybridized carbons (Fsp3) is 0.417. The van der Waals surface area contributed by atoms with E-state index in [1.807, 2.05) is 0 Å². The van der Waals surface area contributed by atoms with Crippen LogP contribution in [0.3, 0.4) is 0 Å². The number of phenolic OH excluding ortho intramolecular Hbond substituents is 1. The predicted octanol–water partition coefficient (Wildman–Crippen LogP) is 0.450. The Hall–Kier alpha value is -3.41. The molecule has 2 amide bonds. The normalized spacial score (nSPS) is 27.6. The number of primary amides is 1. The molecule has 7 N–H and O–H groups in total. The van der Waals surface area contributed by atoms with Crippen LogP contribution in [0.25, 0.3) is 5.76 Å². The summed E-state index contributed by atoms with van der Waals surface area (Å²) >= 11 is 5.54. The number of carbonyl (C=O) groups excluding carboxylic acids is 4. The van der Waals surface area contributed by atoms with Crippen molar-refractivity contribution in [2.45, 2.75) is 31.4 Å². The highest BCUT2D eigenvalue weighted by Crippen LogP contribution is 2.53. The van der Waals surface area contributed by atoms with E-state index in [0.29, 0.717) is 11.1 Å². The Kier molecular flexibility index (Phi) is 6.14. The van der Waals surface area contributed by atoms with E-state index in [1.54, 1.807) is 6.92 Å². The molecule has 0 saturated heterocycles. The average Bonchev–Trinajstić information content (AvgIpc) is 2.79. The number of nitrogens with zero attached hydrogens (tertiary/aromatic N) is 1. The van der Waals surface area contributed by atoms with Crippen molar-refractivity contribution < 1.29 is 39.6 Å². The number of phenols is 1. The van der Waals surface area contributed by atoms with Gasteiger partial charge in [-0.05, 0) is 57.0 Å². The smallest absolute Gasteiger partial charge is 0.255 e. The van der Waals surface area contributed by atoms with E-state index in [-0.39, 0.29) is 35.5 Å². The van der Waals surface area contributed by atoms with E-state index in [0.717, 1.165) is 0 Å². The van der Waals surface area contributed by atoms with Gasteiger partial charge in [0, 0.05) is 11.5 Å². The number of nitrogens with one attached hydrogen (secondary N) is 1. The van der Waals surface area contributed by atoms with Crippen LogP contribution in [0.4, 0.5) is 5.69 Å². The van der Waals surface area contributed by atoms with Crippen LogP contribution in [0.2, 0.25) is 0 Å². The zero-order valence-electron chi connectivity index (χ0n) is 19.8. The van der Waals surface area contributed by atoms with Crippen LogP contribution in [0, 0.1) is 18.8 Å². The topological polar surface area (TPSA) is 190 Å². The summed E-state index contributed by atoms with van der Waals surface area (Å²) in [6.45, 7) is 1.70. The number of carbonyl (C=O) groups is 4. The van der Waals surface area contributed by atoms with Gasteiger partial charge in [0.25, 0.3) is 5.91 Å². The van der Waals surface area contributed by atoms with Crippen LogP contribution in [-0.4, -0.2) is 80.3 Å². The number of aryl methyl sites for hydroxylation is 1. The number of nitrogens with two attached hydrogens (primary N) is 1. The van der Waals surface area contributed by atoms with Gasteiger partial charge in [0.15, 0.2) is 11.4 Å². The molecule has 192 valence electrons. The first-order valence-corrected chi connectivity index (χ1v) is 11.7. The molecule has 3 aliphatic rings. The average molecular weight is 520 g/mol. The number of hydrogen-bond donors (Lipinski definition) is 6. The van der Waals surface area contributed by atoms with Gasteiger partial charge < -0.3 is 31.5 Å². The van der Waals surface area contributed by atoms with E-state index in [4.69, 9.17) is 17.3 Å². The number of hydrogen-bond acceptors (Lipinski definition) is 9. The summed E-state index contributed by atoms with van der Waals surface area (Å²) in [5.74, 6) is -8.29. The molecule has 1 saturated carbocycles. The van der Waals surface area contributed by atoms with E-state index in [9.17, 15) is 39.6 Å². The monoisotopic (exact) mass is 519 g/mol. The van der Waals surface area contributed by atoms with Crippen LogP contribution in [0.5, 0.6) is 5.75 Å². The molecule has 0 aromatic heterocycles. The Morgan fingerprint density at radius 3 is 2.44 bits per heavy atom. The molecular weight excluding hydrogens is 494 g/mol. The number of anilines is 1. The molecule has 1 aromatic carbocycles. The molecular formula is C24H26ClN3O8. The van der Waals surface area contributed by atoms with Crippen molar-refractivity contribution in [3.05, 3.63) is 39.7 Å². The third kappa shape index (κ3) is 3.41. The number of likely N-dealkylation sites (N-methyl/N-ethyl adjacent to an activating group) is 1. The molecule has 36 heavy (non-hydrogen) atoms. The number of Topliss-reactive ketones (excluding diaryl/α,β-unsaturated/α-hetero) is 2. The molecule has 0 heterocycles. The van der Waals surface area contributed by atoms with Gasteiger partial charge in [-0.15, -0.1) is 11.6 Å². The number of aliphatic hydroxyl groups excluding tert-OH is 2. The van der Waals surface area contributed by atoms with Gasteiger partial charge in [-0.25, -0.2) is 0 Å². The highest BCUT2D eigenvalue weighted by Gasteiger charge is 2.64. The summed E-state index contributed by atoms with van der Waals surface area (Å²) in [5, 5.41) is 46.9. The standard InChI is InChI=1S/C24H26ClN3O8/c1-8-4-12(27-13(29)7-25)18(30)15-10(8)5-9-6-11-17(28(2)3)20(32)16(23(26)35)22(34)24(11,36)21(33)14(9)19(15)31/h4,9,11,17,30-31,34,36H,5-7H2,1-3H3,(H2,26,35)(H,27,29)/t9-,11-,17-,24-/m0/s1.